The highest BCUT2D eigenvalue weighted by molar-refractivity contribution is 6.18. The lowest BCUT2D eigenvalue weighted by atomic mass is 10.0. The van der Waals surface area contributed by atoms with Crippen LogP contribution in [0.25, 0.3) is 5.57 Å². The van der Waals surface area contributed by atoms with E-state index in [4.69, 9.17) is 11.5 Å². The molecule has 0 aliphatic carbocycles. The van der Waals surface area contributed by atoms with Crippen LogP contribution in [0.3, 0.4) is 0 Å². The fraction of sp³-hybridized carbons (Fsp3) is 0.118. The van der Waals surface area contributed by atoms with Crippen LogP contribution in [0.1, 0.15) is 22.3 Å². The molecular weight excluding hydrogens is 423 g/mol. The summed E-state index contributed by atoms with van der Waals surface area (Å²) in [6, 6.07) is 1.79. The summed E-state index contributed by atoms with van der Waals surface area (Å²) in [7, 11) is 0. The molecule has 1 aromatic carbocycles. The number of amides is 1. The molecule has 30 heavy (non-hydrogen) atoms. The molecule has 2 rings (SSSR count). The molecule has 0 spiro atoms. The highest BCUT2D eigenvalue weighted by Gasteiger charge is 2.37. The van der Waals surface area contributed by atoms with Gasteiger partial charge in [-0.15, -0.1) is 0 Å². The first-order valence-electron chi connectivity index (χ1n) is 7.79. The van der Waals surface area contributed by atoms with Gasteiger partial charge >= 0.3 is 12.4 Å². The van der Waals surface area contributed by atoms with E-state index < -0.39 is 52.2 Å². The lowest BCUT2D eigenvalue weighted by molar-refractivity contribution is -0.143. The van der Waals surface area contributed by atoms with Gasteiger partial charge in [-0.25, -0.2) is 4.39 Å². The SMILES string of the molecule is NC(=O)/C(=C/N/N=C(\N)c1cc(C(F)(F)F)cc(C(F)(F)F)c1)c1ccncc1F. The summed E-state index contributed by atoms with van der Waals surface area (Å²) in [5.74, 6) is -2.77. The van der Waals surface area contributed by atoms with Crippen LogP contribution in [0.5, 0.6) is 0 Å². The quantitative estimate of drug-likeness (QED) is 0.221. The second-order valence-electron chi connectivity index (χ2n) is 5.70. The number of alkyl halides is 6. The number of carbonyl (C=O) groups is 1. The van der Waals surface area contributed by atoms with Crippen molar-refractivity contribution in [3.63, 3.8) is 0 Å². The van der Waals surface area contributed by atoms with Gasteiger partial charge in [0, 0.05) is 23.5 Å². The summed E-state index contributed by atoms with van der Waals surface area (Å²) in [4.78, 5) is 15.0. The largest absolute Gasteiger partial charge is 0.416 e. The molecule has 0 aliphatic heterocycles. The highest BCUT2D eigenvalue weighted by Crippen LogP contribution is 2.36. The minimum Gasteiger partial charge on any atom is -0.382 e. The molecular formula is C17H12F7N5O. The maximum absolute atomic E-state index is 13.8. The summed E-state index contributed by atoms with van der Waals surface area (Å²) in [6.07, 6.45) is -7.39. The number of hydrazone groups is 1. The minimum absolute atomic E-state index is 0.0679. The summed E-state index contributed by atoms with van der Waals surface area (Å²) >= 11 is 0. The zero-order chi connectivity index (χ0) is 22.7. The molecule has 0 aliphatic rings. The second-order valence-corrected chi connectivity index (χ2v) is 5.70. The number of hydrogen-bond acceptors (Lipinski definition) is 4. The van der Waals surface area contributed by atoms with Gasteiger partial charge in [-0.05, 0) is 24.3 Å². The van der Waals surface area contributed by atoms with E-state index in [1.165, 1.54) is 0 Å². The molecule has 1 aromatic heterocycles. The average Bonchev–Trinajstić information content (AvgIpc) is 2.64. The molecule has 0 unspecified atom stereocenters. The minimum atomic E-state index is -5.07. The molecule has 1 heterocycles. The van der Waals surface area contributed by atoms with Crippen LogP contribution in [-0.2, 0) is 17.1 Å². The predicted molar refractivity (Wildman–Crippen MR) is 91.7 cm³/mol. The van der Waals surface area contributed by atoms with Crippen LogP contribution in [0, 0.1) is 5.82 Å². The molecule has 0 radical (unpaired) electrons. The van der Waals surface area contributed by atoms with Gasteiger partial charge in [0.05, 0.1) is 22.9 Å². The van der Waals surface area contributed by atoms with Crippen molar-refractivity contribution in [3.8, 4) is 0 Å². The Morgan fingerprint density at radius 2 is 1.60 bits per heavy atom. The van der Waals surface area contributed by atoms with Crippen molar-refractivity contribution in [2.24, 2.45) is 16.6 Å². The number of nitrogens with one attached hydrogen (secondary N) is 1. The molecule has 2 aromatic rings. The van der Waals surface area contributed by atoms with Crippen LogP contribution in [0.2, 0.25) is 0 Å². The van der Waals surface area contributed by atoms with Crippen molar-refractivity contribution in [1.82, 2.24) is 10.4 Å². The van der Waals surface area contributed by atoms with Gasteiger partial charge in [-0.2, -0.15) is 31.4 Å². The molecule has 0 atom stereocenters. The number of amidine groups is 1. The molecule has 6 nitrogen and oxygen atoms in total. The number of rotatable bonds is 5. The summed E-state index contributed by atoms with van der Waals surface area (Å²) in [5, 5.41) is 3.41. The van der Waals surface area contributed by atoms with Crippen LogP contribution in [-0.4, -0.2) is 16.7 Å². The van der Waals surface area contributed by atoms with Crippen molar-refractivity contribution >= 4 is 17.3 Å². The smallest absolute Gasteiger partial charge is 0.382 e. The van der Waals surface area contributed by atoms with Gasteiger partial charge in [0.15, 0.2) is 5.84 Å². The molecule has 0 saturated carbocycles. The molecule has 5 N–H and O–H groups in total. The third-order valence-electron chi connectivity index (χ3n) is 3.61. The second kappa shape index (κ2) is 8.39. The molecule has 0 bridgehead atoms. The van der Waals surface area contributed by atoms with Crippen molar-refractivity contribution in [2.45, 2.75) is 12.4 Å². The Morgan fingerprint density at radius 1 is 1.03 bits per heavy atom. The zero-order valence-corrected chi connectivity index (χ0v) is 14.6. The van der Waals surface area contributed by atoms with Crippen molar-refractivity contribution in [1.29, 1.82) is 0 Å². The number of nitrogens with two attached hydrogens (primary N) is 2. The van der Waals surface area contributed by atoms with E-state index >= 15 is 0 Å². The van der Waals surface area contributed by atoms with Crippen LogP contribution in [0.15, 0.2) is 48.0 Å². The standard InChI is InChI=1S/C17H12F7N5O/c18-13-7-27-2-1-11(13)12(15(26)30)6-28-29-14(25)8-3-9(16(19,20)21)5-10(4-8)17(22,23)24/h1-7,28H,(H2,25,29)(H2,26,30)/b12-6+. The monoisotopic (exact) mass is 435 g/mol. The van der Waals surface area contributed by atoms with Crippen LogP contribution < -0.4 is 16.9 Å². The molecule has 160 valence electrons. The first kappa shape index (κ1) is 22.6. The Balaban J connectivity index is 2.42. The van der Waals surface area contributed by atoms with E-state index in [1.807, 2.05) is 0 Å². The third-order valence-corrected chi connectivity index (χ3v) is 3.61. The third kappa shape index (κ3) is 5.46. The number of benzene rings is 1. The summed E-state index contributed by atoms with van der Waals surface area (Å²) in [5.41, 5.74) is 8.12. The predicted octanol–water partition coefficient (Wildman–Crippen LogP) is 2.99. The van der Waals surface area contributed by atoms with Crippen molar-refractivity contribution in [3.05, 3.63) is 70.9 Å². The zero-order valence-electron chi connectivity index (χ0n) is 14.6. The fourth-order valence-corrected chi connectivity index (χ4v) is 2.21. The number of primary amides is 1. The Labute approximate surface area is 164 Å². The molecule has 0 saturated heterocycles. The number of carbonyl (C=O) groups excluding carboxylic acids is 1. The van der Waals surface area contributed by atoms with Crippen molar-refractivity contribution in [2.75, 3.05) is 0 Å². The Hall–Kier alpha value is -3.64. The summed E-state index contributed by atoms with van der Waals surface area (Å²) in [6.45, 7) is 0. The molecule has 13 heteroatoms. The Morgan fingerprint density at radius 3 is 2.07 bits per heavy atom. The molecule has 0 fully saturated rings. The number of nitrogens with zero attached hydrogens (tertiary/aromatic N) is 2. The van der Waals surface area contributed by atoms with Gasteiger partial charge in [0.1, 0.15) is 5.82 Å². The Bertz CT molecular complexity index is 980. The summed E-state index contributed by atoms with van der Waals surface area (Å²) < 4.78 is 91.2. The van der Waals surface area contributed by atoms with E-state index in [0.29, 0.717) is 12.1 Å². The first-order valence-corrected chi connectivity index (χ1v) is 7.79. The van der Waals surface area contributed by atoms with Crippen molar-refractivity contribution < 1.29 is 35.5 Å². The van der Waals surface area contributed by atoms with Crippen LogP contribution in [0.4, 0.5) is 30.7 Å². The maximum Gasteiger partial charge on any atom is 0.416 e. The van der Waals surface area contributed by atoms with E-state index in [9.17, 15) is 35.5 Å². The Kier molecular flexibility index (Phi) is 6.33. The lowest BCUT2D eigenvalue weighted by Crippen LogP contribution is -2.21. The number of aromatic nitrogens is 1. The first-order chi connectivity index (χ1) is 13.8. The normalized spacial score (nSPS) is 13.3. The van der Waals surface area contributed by atoms with E-state index in [1.54, 1.807) is 0 Å². The maximum atomic E-state index is 13.8. The van der Waals surface area contributed by atoms with E-state index in [0.717, 1.165) is 24.7 Å². The number of halogens is 7. The van der Waals surface area contributed by atoms with Gasteiger partial charge < -0.3 is 11.5 Å². The molecule has 1 amide bonds. The van der Waals surface area contributed by atoms with Gasteiger partial charge in [-0.1, -0.05) is 0 Å². The lowest BCUT2D eigenvalue weighted by Gasteiger charge is -2.14. The van der Waals surface area contributed by atoms with Gasteiger partial charge in [0.25, 0.3) is 5.91 Å². The fourth-order valence-electron chi connectivity index (χ4n) is 2.21. The average molecular weight is 435 g/mol. The van der Waals surface area contributed by atoms with E-state index in [2.05, 4.69) is 15.5 Å². The number of hydrogen-bond donors (Lipinski definition) is 3. The van der Waals surface area contributed by atoms with E-state index in [-0.39, 0.29) is 11.6 Å². The highest BCUT2D eigenvalue weighted by atomic mass is 19.4. The van der Waals surface area contributed by atoms with Crippen LogP contribution >= 0.6 is 0 Å². The number of pyridine rings is 1. The topological polar surface area (TPSA) is 106 Å². The van der Waals surface area contributed by atoms with Gasteiger partial charge in [-0.3, -0.25) is 15.2 Å². The van der Waals surface area contributed by atoms with Gasteiger partial charge in [0.2, 0.25) is 0 Å².